The van der Waals surface area contributed by atoms with E-state index >= 15 is 0 Å². The van der Waals surface area contributed by atoms with Crippen LogP contribution in [0.4, 0.5) is 4.79 Å². The molecule has 0 unspecified atom stereocenters. The van der Waals surface area contributed by atoms with Gasteiger partial charge in [0.25, 0.3) is 0 Å². The molecule has 0 N–H and O–H groups in total. The molecule has 0 fully saturated rings. The zero-order valence-electron chi connectivity index (χ0n) is 9.17. The van der Waals surface area contributed by atoms with Crippen molar-refractivity contribution in [3.05, 3.63) is 10.8 Å². The number of ether oxygens (including phenoxy) is 2. The van der Waals surface area contributed by atoms with E-state index in [1.165, 1.54) is 25.9 Å². The zero-order valence-corrected chi connectivity index (χ0v) is 9.92. The Morgan fingerprint density at radius 3 is 2.27 bits per heavy atom. The zero-order chi connectivity index (χ0) is 12.0. The summed E-state index contributed by atoms with van der Waals surface area (Å²) >= 11 is 5.62. The number of esters is 1. The van der Waals surface area contributed by atoms with Crippen molar-refractivity contribution < 1.29 is 19.1 Å². The van der Waals surface area contributed by atoms with Gasteiger partial charge in [0.1, 0.15) is 5.76 Å². The molecule has 0 aliphatic carbocycles. The lowest BCUT2D eigenvalue weighted by Crippen LogP contribution is -2.22. The van der Waals surface area contributed by atoms with Crippen LogP contribution < -0.4 is 0 Å². The van der Waals surface area contributed by atoms with Gasteiger partial charge in [-0.05, 0) is 13.8 Å². The molecule has 0 aromatic heterocycles. The van der Waals surface area contributed by atoms with Crippen LogP contribution in [0.5, 0.6) is 0 Å². The Morgan fingerprint density at radius 1 is 1.33 bits per heavy atom. The minimum absolute atomic E-state index is 0.0221. The largest absolute Gasteiger partial charge is 0.462 e. The van der Waals surface area contributed by atoms with Gasteiger partial charge in [-0.2, -0.15) is 0 Å². The number of halogens is 1. The van der Waals surface area contributed by atoms with E-state index in [1.807, 2.05) is 0 Å². The lowest BCUT2D eigenvalue weighted by molar-refractivity contribution is -0.137. The Bertz CT molecular complexity index is 286. The Labute approximate surface area is 93.6 Å². The number of rotatable bonds is 3. The fourth-order valence-electron chi connectivity index (χ4n) is 0.605. The van der Waals surface area contributed by atoms with Gasteiger partial charge in [0.2, 0.25) is 0 Å². The molecule has 0 aliphatic rings. The molecule has 1 amide bonds. The fraction of sp³-hybridized carbons (Fsp3) is 0.556. The third-order valence-corrected chi connectivity index (χ3v) is 1.79. The summed E-state index contributed by atoms with van der Waals surface area (Å²) in [5, 5.41) is -0.230. The van der Waals surface area contributed by atoms with E-state index in [1.54, 1.807) is 6.92 Å². The van der Waals surface area contributed by atoms with Gasteiger partial charge in [-0.3, -0.25) is 0 Å². The molecule has 0 aromatic rings. The van der Waals surface area contributed by atoms with Crippen LogP contribution in [0.3, 0.4) is 0 Å². The predicted octanol–water partition coefficient (Wildman–Crippen LogP) is 1.72. The number of hydrogen-bond donors (Lipinski definition) is 0. The summed E-state index contributed by atoms with van der Waals surface area (Å²) in [7, 11) is 3.04. The molecular formula is C9H14ClNO4. The topological polar surface area (TPSA) is 55.8 Å². The smallest absolute Gasteiger partial charge is 0.414 e. The molecule has 0 aromatic carbocycles. The SMILES string of the molecule is CCOC(=O)/C(Cl)=C(\C)OC(=O)N(C)C. The van der Waals surface area contributed by atoms with Crippen LogP contribution in [0.2, 0.25) is 0 Å². The molecule has 15 heavy (non-hydrogen) atoms. The van der Waals surface area contributed by atoms with Crippen LogP contribution in [0.15, 0.2) is 10.8 Å². The minimum atomic E-state index is -0.705. The van der Waals surface area contributed by atoms with Crippen molar-refractivity contribution in [2.75, 3.05) is 20.7 Å². The van der Waals surface area contributed by atoms with Crippen LogP contribution in [0.25, 0.3) is 0 Å². The number of carbonyl (C=O) groups is 2. The highest BCUT2D eigenvalue weighted by atomic mass is 35.5. The van der Waals surface area contributed by atoms with Crippen molar-refractivity contribution in [1.82, 2.24) is 4.90 Å². The number of amides is 1. The van der Waals surface area contributed by atoms with E-state index in [2.05, 4.69) is 4.74 Å². The van der Waals surface area contributed by atoms with Crippen LogP contribution in [0, 0.1) is 0 Å². The first kappa shape index (κ1) is 13.8. The highest BCUT2D eigenvalue weighted by Crippen LogP contribution is 2.13. The second-order valence-corrected chi connectivity index (χ2v) is 3.23. The molecule has 0 aliphatic heterocycles. The lowest BCUT2D eigenvalue weighted by Gasteiger charge is -2.11. The standard InChI is InChI=1S/C9H14ClNO4/c1-5-14-8(12)7(10)6(2)15-9(13)11(3)4/h5H2,1-4H3/b7-6-. The normalized spacial score (nSPS) is 11.5. The molecule has 6 heteroatoms. The molecule has 0 saturated carbocycles. The minimum Gasteiger partial charge on any atom is -0.462 e. The monoisotopic (exact) mass is 235 g/mol. The van der Waals surface area contributed by atoms with Gasteiger partial charge in [0.05, 0.1) is 6.61 Å². The summed E-state index contributed by atoms with van der Waals surface area (Å²) in [5.41, 5.74) is 0. The first-order chi connectivity index (χ1) is 6.90. The summed E-state index contributed by atoms with van der Waals surface area (Å²) in [4.78, 5) is 23.4. The van der Waals surface area contributed by atoms with Gasteiger partial charge in [-0.25, -0.2) is 9.59 Å². The lowest BCUT2D eigenvalue weighted by atomic mass is 10.5. The maximum atomic E-state index is 11.1. The summed E-state index contributed by atoms with van der Waals surface area (Å²) in [6.45, 7) is 3.29. The Morgan fingerprint density at radius 2 is 1.87 bits per heavy atom. The highest BCUT2D eigenvalue weighted by Gasteiger charge is 2.15. The van der Waals surface area contributed by atoms with Gasteiger partial charge in [0.15, 0.2) is 5.03 Å². The quantitative estimate of drug-likeness (QED) is 0.425. The first-order valence-electron chi connectivity index (χ1n) is 4.32. The van der Waals surface area contributed by atoms with Crippen molar-refractivity contribution >= 4 is 23.7 Å². The maximum absolute atomic E-state index is 11.1. The van der Waals surface area contributed by atoms with E-state index in [9.17, 15) is 9.59 Å². The molecule has 0 rings (SSSR count). The van der Waals surface area contributed by atoms with Crippen molar-refractivity contribution in [1.29, 1.82) is 0 Å². The molecule has 5 nitrogen and oxygen atoms in total. The molecule has 0 heterocycles. The van der Waals surface area contributed by atoms with Crippen LogP contribution in [0.1, 0.15) is 13.8 Å². The molecule has 0 saturated heterocycles. The van der Waals surface area contributed by atoms with Crippen molar-refractivity contribution in [3.8, 4) is 0 Å². The maximum Gasteiger partial charge on any atom is 0.414 e. The first-order valence-corrected chi connectivity index (χ1v) is 4.70. The number of hydrogen-bond acceptors (Lipinski definition) is 4. The van der Waals surface area contributed by atoms with E-state index in [0.717, 1.165) is 0 Å². The second kappa shape index (κ2) is 6.29. The fourth-order valence-corrected chi connectivity index (χ4v) is 0.698. The number of allylic oxidation sites excluding steroid dienone is 1. The van der Waals surface area contributed by atoms with Crippen molar-refractivity contribution in [2.45, 2.75) is 13.8 Å². The second-order valence-electron chi connectivity index (χ2n) is 2.85. The van der Waals surface area contributed by atoms with Gasteiger partial charge in [0, 0.05) is 14.1 Å². The highest BCUT2D eigenvalue weighted by molar-refractivity contribution is 6.41. The molecule has 86 valence electrons. The van der Waals surface area contributed by atoms with Gasteiger partial charge >= 0.3 is 12.1 Å². The van der Waals surface area contributed by atoms with E-state index in [4.69, 9.17) is 16.3 Å². The summed E-state index contributed by atoms with van der Waals surface area (Å²) in [6, 6.07) is 0. The predicted molar refractivity (Wildman–Crippen MR) is 55.4 cm³/mol. The summed E-state index contributed by atoms with van der Waals surface area (Å²) in [5.74, 6) is -0.683. The average Bonchev–Trinajstić information content (AvgIpc) is 2.16. The van der Waals surface area contributed by atoms with Crippen LogP contribution in [-0.4, -0.2) is 37.7 Å². The van der Waals surface area contributed by atoms with Gasteiger partial charge in [-0.1, -0.05) is 11.6 Å². The van der Waals surface area contributed by atoms with Gasteiger partial charge < -0.3 is 14.4 Å². The third-order valence-electron chi connectivity index (χ3n) is 1.37. The summed E-state index contributed by atoms with van der Waals surface area (Å²) in [6.07, 6.45) is -0.602. The van der Waals surface area contributed by atoms with Gasteiger partial charge in [-0.15, -0.1) is 0 Å². The molecule has 0 bridgehead atoms. The number of carbonyl (C=O) groups excluding carboxylic acids is 2. The summed E-state index contributed by atoms with van der Waals surface area (Å²) < 4.78 is 9.41. The van der Waals surface area contributed by atoms with Crippen molar-refractivity contribution in [2.24, 2.45) is 0 Å². The molecule has 0 atom stereocenters. The van der Waals surface area contributed by atoms with E-state index < -0.39 is 12.1 Å². The average molecular weight is 236 g/mol. The van der Waals surface area contributed by atoms with E-state index in [0.29, 0.717) is 0 Å². The molecular weight excluding hydrogens is 222 g/mol. The van der Waals surface area contributed by atoms with Crippen molar-refractivity contribution in [3.63, 3.8) is 0 Å². The Kier molecular flexibility index (Phi) is 5.77. The third kappa shape index (κ3) is 4.69. The van der Waals surface area contributed by atoms with Crippen LogP contribution in [-0.2, 0) is 14.3 Å². The van der Waals surface area contributed by atoms with E-state index in [-0.39, 0.29) is 17.4 Å². The molecule has 0 spiro atoms. The molecule has 0 radical (unpaired) electrons. The number of nitrogens with zero attached hydrogens (tertiary/aromatic N) is 1. The van der Waals surface area contributed by atoms with Crippen LogP contribution >= 0.6 is 11.6 Å². The Balaban J connectivity index is 4.51. The Hall–Kier alpha value is -1.23.